The molecule has 1 unspecified atom stereocenters. The molecule has 0 aromatic heterocycles. The Morgan fingerprint density at radius 1 is 1.36 bits per heavy atom. The van der Waals surface area contributed by atoms with Crippen LogP contribution in [0.25, 0.3) is 0 Å². The fourth-order valence-corrected chi connectivity index (χ4v) is 2.72. The Kier molecular flexibility index (Phi) is 8.83. The molecular formula is C16H24BrClN2O2. The van der Waals surface area contributed by atoms with Crippen LogP contribution < -0.4 is 10.1 Å². The normalized spacial score (nSPS) is 17.7. The number of rotatable bonds is 6. The van der Waals surface area contributed by atoms with Gasteiger partial charge in [0, 0.05) is 36.6 Å². The fraction of sp³-hybridized carbons (Fsp3) is 0.562. The van der Waals surface area contributed by atoms with E-state index < -0.39 is 0 Å². The summed E-state index contributed by atoms with van der Waals surface area (Å²) < 4.78 is 6.70. The Morgan fingerprint density at radius 3 is 2.77 bits per heavy atom. The van der Waals surface area contributed by atoms with E-state index in [1.165, 1.54) is 0 Å². The van der Waals surface area contributed by atoms with E-state index in [0.717, 1.165) is 42.7 Å². The lowest BCUT2D eigenvalue weighted by Gasteiger charge is -2.34. The summed E-state index contributed by atoms with van der Waals surface area (Å²) in [6, 6.07) is 8.12. The summed E-state index contributed by atoms with van der Waals surface area (Å²) in [6.07, 6.45) is 2.41. The summed E-state index contributed by atoms with van der Waals surface area (Å²) in [4.78, 5) is 14.1. The predicted octanol–water partition coefficient (Wildman–Crippen LogP) is 3.24. The second-order valence-corrected chi connectivity index (χ2v) is 6.32. The standard InChI is InChI=1S/C16H23BrN2O2.ClH/c1-13-12-18-9-10-19(13)16(20)4-2-3-11-21-15-7-5-14(17)6-8-15;/h5-8,13,18H,2-4,9-12H2,1H3;1H. The molecule has 0 saturated carbocycles. The largest absolute Gasteiger partial charge is 0.494 e. The summed E-state index contributed by atoms with van der Waals surface area (Å²) in [5, 5.41) is 3.30. The highest BCUT2D eigenvalue weighted by Gasteiger charge is 2.21. The zero-order valence-electron chi connectivity index (χ0n) is 12.9. The van der Waals surface area contributed by atoms with Gasteiger partial charge in [-0.25, -0.2) is 0 Å². The molecule has 0 radical (unpaired) electrons. The van der Waals surface area contributed by atoms with Crippen LogP contribution in [0.2, 0.25) is 0 Å². The van der Waals surface area contributed by atoms with Crippen LogP contribution in [0.1, 0.15) is 26.2 Å². The average Bonchev–Trinajstić information content (AvgIpc) is 2.49. The Morgan fingerprint density at radius 2 is 2.09 bits per heavy atom. The first-order valence-corrected chi connectivity index (χ1v) is 8.34. The molecule has 1 aromatic carbocycles. The molecule has 1 aromatic rings. The van der Waals surface area contributed by atoms with Crippen LogP contribution in [0, 0.1) is 0 Å². The minimum Gasteiger partial charge on any atom is -0.494 e. The molecule has 1 aliphatic rings. The fourth-order valence-electron chi connectivity index (χ4n) is 2.45. The summed E-state index contributed by atoms with van der Waals surface area (Å²) in [6.45, 7) is 5.39. The smallest absolute Gasteiger partial charge is 0.222 e. The molecule has 6 heteroatoms. The first kappa shape index (κ1) is 19.3. The molecule has 1 N–H and O–H groups in total. The van der Waals surface area contributed by atoms with Crippen LogP contribution >= 0.6 is 28.3 Å². The highest BCUT2D eigenvalue weighted by molar-refractivity contribution is 9.10. The van der Waals surface area contributed by atoms with Crippen molar-refractivity contribution in [1.29, 1.82) is 0 Å². The lowest BCUT2D eigenvalue weighted by Crippen LogP contribution is -2.52. The molecule has 1 amide bonds. The molecule has 1 saturated heterocycles. The number of benzene rings is 1. The van der Waals surface area contributed by atoms with Crippen LogP contribution in [-0.4, -0.2) is 43.1 Å². The SMILES string of the molecule is CC1CNCCN1C(=O)CCCCOc1ccc(Br)cc1.Cl. The molecule has 2 rings (SSSR count). The van der Waals surface area contributed by atoms with Gasteiger partial charge in [0.2, 0.25) is 5.91 Å². The van der Waals surface area contributed by atoms with Crippen LogP contribution in [0.4, 0.5) is 0 Å². The third kappa shape index (κ3) is 6.15. The zero-order chi connectivity index (χ0) is 15.1. The van der Waals surface area contributed by atoms with E-state index in [1.807, 2.05) is 29.2 Å². The first-order chi connectivity index (χ1) is 10.2. The lowest BCUT2D eigenvalue weighted by molar-refractivity contribution is -0.134. The second kappa shape index (κ2) is 10.1. The van der Waals surface area contributed by atoms with Gasteiger partial charge in [-0.3, -0.25) is 4.79 Å². The van der Waals surface area contributed by atoms with Gasteiger partial charge in [-0.2, -0.15) is 0 Å². The van der Waals surface area contributed by atoms with E-state index in [-0.39, 0.29) is 18.3 Å². The molecule has 4 nitrogen and oxygen atoms in total. The number of amides is 1. The number of hydrogen-bond donors (Lipinski definition) is 1. The number of carbonyl (C=O) groups excluding carboxylic acids is 1. The molecule has 1 atom stereocenters. The number of nitrogens with zero attached hydrogens (tertiary/aromatic N) is 1. The zero-order valence-corrected chi connectivity index (χ0v) is 15.3. The second-order valence-electron chi connectivity index (χ2n) is 5.40. The van der Waals surface area contributed by atoms with Crippen molar-refractivity contribution in [3.8, 4) is 5.75 Å². The maximum absolute atomic E-state index is 12.1. The van der Waals surface area contributed by atoms with Gasteiger partial charge < -0.3 is 15.0 Å². The summed E-state index contributed by atoms with van der Waals surface area (Å²) in [5.74, 6) is 1.15. The van der Waals surface area contributed by atoms with Gasteiger partial charge in [0.05, 0.1) is 6.61 Å². The number of ether oxygens (including phenoxy) is 1. The van der Waals surface area contributed by atoms with Gasteiger partial charge in [0.25, 0.3) is 0 Å². The van der Waals surface area contributed by atoms with Crippen molar-refractivity contribution in [2.45, 2.75) is 32.2 Å². The summed E-state index contributed by atoms with van der Waals surface area (Å²) >= 11 is 3.39. The van der Waals surface area contributed by atoms with Crippen molar-refractivity contribution < 1.29 is 9.53 Å². The molecule has 22 heavy (non-hydrogen) atoms. The Bertz CT molecular complexity index is 456. The number of halogens is 2. The van der Waals surface area contributed by atoms with E-state index in [4.69, 9.17) is 4.74 Å². The van der Waals surface area contributed by atoms with Crippen molar-refractivity contribution in [2.75, 3.05) is 26.2 Å². The molecule has 1 fully saturated rings. The van der Waals surface area contributed by atoms with Crippen molar-refractivity contribution in [1.82, 2.24) is 10.2 Å². The molecule has 124 valence electrons. The lowest BCUT2D eigenvalue weighted by atomic mass is 10.1. The Labute approximate surface area is 147 Å². The van der Waals surface area contributed by atoms with E-state index >= 15 is 0 Å². The van der Waals surface area contributed by atoms with Gasteiger partial charge in [-0.05, 0) is 44.0 Å². The number of nitrogens with one attached hydrogen (secondary N) is 1. The highest BCUT2D eigenvalue weighted by atomic mass is 79.9. The number of carbonyl (C=O) groups is 1. The highest BCUT2D eigenvalue weighted by Crippen LogP contribution is 2.16. The van der Waals surface area contributed by atoms with E-state index in [0.29, 0.717) is 19.1 Å². The quantitative estimate of drug-likeness (QED) is 0.757. The van der Waals surface area contributed by atoms with Gasteiger partial charge in [0.1, 0.15) is 5.75 Å². The van der Waals surface area contributed by atoms with E-state index in [2.05, 4.69) is 28.2 Å². The molecule has 0 bridgehead atoms. The third-order valence-corrected chi connectivity index (χ3v) is 4.22. The van der Waals surface area contributed by atoms with Gasteiger partial charge in [0.15, 0.2) is 0 Å². The van der Waals surface area contributed by atoms with Crippen LogP contribution in [-0.2, 0) is 4.79 Å². The van der Waals surface area contributed by atoms with Crippen molar-refractivity contribution in [3.05, 3.63) is 28.7 Å². The van der Waals surface area contributed by atoms with Gasteiger partial charge in [-0.1, -0.05) is 15.9 Å². The maximum atomic E-state index is 12.1. The average molecular weight is 392 g/mol. The predicted molar refractivity (Wildman–Crippen MR) is 94.8 cm³/mol. The number of piperazine rings is 1. The van der Waals surface area contributed by atoms with E-state index in [1.54, 1.807) is 0 Å². The molecule has 1 aliphatic heterocycles. The van der Waals surface area contributed by atoms with Gasteiger partial charge in [-0.15, -0.1) is 12.4 Å². The molecular weight excluding hydrogens is 368 g/mol. The first-order valence-electron chi connectivity index (χ1n) is 7.55. The third-order valence-electron chi connectivity index (χ3n) is 3.69. The Hall–Kier alpha value is -0.780. The molecule has 0 aliphatic carbocycles. The van der Waals surface area contributed by atoms with Crippen LogP contribution in [0.15, 0.2) is 28.7 Å². The Balaban J connectivity index is 0.00000242. The number of unbranched alkanes of at least 4 members (excludes halogenated alkanes) is 1. The minimum atomic E-state index is 0. The van der Waals surface area contributed by atoms with E-state index in [9.17, 15) is 4.79 Å². The van der Waals surface area contributed by atoms with Crippen LogP contribution in [0.5, 0.6) is 5.75 Å². The van der Waals surface area contributed by atoms with Crippen molar-refractivity contribution >= 4 is 34.2 Å². The van der Waals surface area contributed by atoms with Gasteiger partial charge >= 0.3 is 0 Å². The topological polar surface area (TPSA) is 41.6 Å². The van der Waals surface area contributed by atoms with Crippen LogP contribution in [0.3, 0.4) is 0 Å². The minimum absolute atomic E-state index is 0. The van der Waals surface area contributed by atoms with Crippen molar-refractivity contribution in [3.63, 3.8) is 0 Å². The molecule has 1 heterocycles. The summed E-state index contributed by atoms with van der Waals surface area (Å²) in [7, 11) is 0. The summed E-state index contributed by atoms with van der Waals surface area (Å²) in [5.41, 5.74) is 0. The monoisotopic (exact) mass is 390 g/mol. The number of hydrogen-bond acceptors (Lipinski definition) is 3. The maximum Gasteiger partial charge on any atom is 0.222 e. The molecule has 0 spiro atoms. The van der Waals surface area contributed by atoms with Crippen molar-refractivity contribution in [2.24, 2.45) is 0 Å².